The highest BCUT2D eigenvalue weighted by molar-refractivity contribution is 5.79. The van der Waals surface area contributed by atoms with Crippen molar-refractivity contribution >= 4 is 5.91 Å². The lowest BCUT2D eigenvalue weighted by molar-refractivity contribution is -0.175. The molecule has 5 nitrogen and oxygen atoms in total. The number of carbonyl (C=O) groups is 1. The maximum absolute atomic E-state index is 11.7. The summed E-state index contributed by atoms with van der Waals surface area (Å²) in [6, 6.07) is 7.03. The fourth-order valence-corrected chi connectivity index (χ4v) is 1.25. The molecular weight excluding hydrogens is 222 g/mol. The van der Waals surface area contributed by atoms with E-state index in [4.69, 9.17) is 14.3 Å². The molecule has 0 bridgehead atoms. The second-order valence-corrected chi connectivity index (χ2v) is 3.45. The molecule has 94 valence electrons. The summed E-state index contributed by atoms with van der Waals surface area (Å²) >= 11 is 0. The van der Waals surface area contributed by atoms with Gasteiger partial charge < -0.3 is 9.47 Å². The van der Waals surface area contributed by atoms with E-state index in [1.807, 2.05) is 0 Å². The van der Waals surface area contributed by atoms with E-state index in [1.54, 1.807) is 38.3 Å². The number of amides is 1. The molecule has 0 saturated carbocycles. The number of rotatable bonds is 5. The Kier molecular flexibility index (Phi) is 4.78. The van der Waals surface area contributed by atoms with Gasteiger partial charge in [0.15, 0.2) is 6.10 Å². The van der Waals surface area contributed by atoms with Crippen LogP contribution < -0.4 is 9.47 Å². The number of hydrogen-bond acceptors (Lipinski definition) is 4. The quantitative estimate of drug-likeness (QED) is 0.730. The lowest BCUT2D eigenvalue weighted by Crippen LogP contribution is -2.37. The molecule has 5 heteroatoms. The molecule has 17 heavy (non-hydrogen) atoms. The van der Waals surface area contributed by atoms with Gasteiger partial charge in [0.25, 0.3) is 5.91 Å². The van der Waals surface area contributed by atoms with E-state index in [2.05, 4.69) is 0 Å². The van der Waals surface area contributed by atoms with Gasteiger partial charge in [-0.05, 0) is 31.2 Å². The largest absolute Gasteiger partial charge is 0.497 e. The topological polar surface area (TPSA) is 48.0 Å². The Bertz CT molecular complexity index is 363. The van der Waals surface area contributed by atoms with Gasteiger partial charge >= 0.3 is 0 Å². The standard InChI is InChI=1S/C12H17NO4/c1-9(12(14)13(2)16-4)17-11-7-5-10(15-3)6-8-11/h5-9H,1-4H3. The van der Waals surface area contributed by atoms with Crippen molar-refractivity contribution in [3.8, 4) is 11.5 Å². The fourth-order valence-electron chi connectivity index (χ4n) is 1.25. The zero-order valence-corrected chi connectivity index (χ0v) is 10.5. The molecule has 1 aromatic carbocycles. The molecule has 0 fully saturated rings. The zero-order valence-electron chi connectivity index (χ0n) is 10.5. The highest BCUT2D eigenvalue weighted by Crippen LogP contribution is 2.18. The van der Waals surface area contributed by atoms with Crippen LogP contribution in [0.3, 0.4) is 0 Å². The van der Waals surface area contributed by atoms with Crippen molar-refractivity contribution in [3.63, 3.8) is 0 Å². The average Bonchev–Trinajstić information content (AvgIpc) is 2.37. The van der Waals surface area contributed by atoms with E-state index >= 15 is 0 Å². The first kappa shape index (κ1) is 13.3. The molecule has 1 atom stereocenters. The number of hydrogen-bond donors (Lipinski definition) is 0. The van der Waals surface area contributed by atoms with E-state index in [9.17, 15) is 4.79 Å². The summed E-state index contributed by atoms with van der Waals surface area (Å²) in [5.41, 5.74) is 0. The van der Waals surface area contributed by atoms with Crippen LogP contribution >= 0.6 is 0 Å². The van der Waals surface area contributed by atoms with Gasteiger partial charge in [-0.2, -0.15) is 0 Å². The molecule has 1 aromatic rings. The number of nitrogens with zero attached hydrogens (tertiary/aromatic N) is 1. The van der Waals surface area contributed by atoms with Crippen molar-refractivity contribution in [3.05, 3.63) is 24.3 Å². The third-order valence-corrected chi connectivity index (χ3v) is 2.30. The number of ether oxygens (including phenoxy) is 2. The number of methoxy groups -OCH3 is 1. The van der Waals surface area contributed by atoms with Crippen LogP contribution in [-0.2, 0) is 9.63 Å². The van der Waals surface area contributed by atoms with Crippen LogP contribution in [0.4, 0.5) is 0 Å². The summed E-state index contributed by atoms with van der Waals surface area (Å²) in [6.07, 6.45) is -0.603. The molecule has 1 rings (SSSR count). The predicted molar refractivity (Wildman–Crippen MR) is 62.9 cm³/mol. The smallest absolute Gasteiger partial charge is 0.286 e. The summed E-state index contributed by atoms with van der Waals surface area (Å²) < 4.78 is 10.5. The van der Waals surface area contributed by atoms with E-state index in [-0.39, 0.29) is 5.91 Å². The molecule has 0 N–H and O–H groups in total. The second-order valence-electron chi connectivity index (χ2n) is 3.45. The van der Waals surface area contributed by atoms with Gasteiger partial charge in [-0.1, -0.05) is 0 Å². The molecule has 0 spiro atoms. The van der Waals surface area contributed by atoms with Crippen LogP contribution in [0.2, 0.25) is 0 Å². The van der Waals surface area contributed by atoms with Crippen LogP contribution in [0.25, 0.3) is 0 Å². The molecule has 0 saturated heterocycles. The van der Waals surface area contributed by atoms with Crippen LogP contribution in [0.5, 0.6) is 11.5 Å². The van der Waals surface area contributed by atoms with Gasteiger partial charge in [0.2, 0.25) is 0 Å². The summed E-state index contributed by atoms with van der Waals surface area (Å²) in [6.45, 7) is 1.67. The molecule has 0 aliphatic carbocycles. The lowest BCUT2D eigenvalue weighted by atomic mass is 10.3. The number of carbonyl (C=O) groups excluding carboxylic acids is 1. The Morgan fingerprint density at radius 1 is 1.18 bits per heavy atom. The monoisotopic (exact) mass is 239 g/mol. The zero-order chi connectivity index (χ0) is 12.8. The Hall–Kier alpha value is -1.75. The van der Waals surface area contributed by atoms with E-state index < -0.39 is 6.10 Å². The van der Waals surface area contributed by atoms with Crippen LogP contribution in [0.15, 0.2) is 24.3 Å². The maximum Gasteiger partial charge on any atom is 0.286 e. The van der Waals surface area contributed by atoms with Crippen LogP contribution in [-0.4, -0.2) is 38.3 Å². The van der Waals surface area contributed by atoms with Crippen molar-refractivity contribution in [2.24, 2.45) is 0 Å². The van der Waals surface area contributed by atoms with Gasteiger partial charge in [0, 0.05) is 7.05 Å². The summed E-state index contributed by atoms with van der Waals surface area (Å²) in [5, 5.41) is 1.13. The highest BCUT2D eigenvalue weighted by atomic mass is 16.7. The van der Waals surface area contributed by atoms with E-state index in [0.717, 1.165) is 10.8 Å². The van der Waals surface area contributed by atoms with Crippen LogP contribution in [0.1, 0.15) is 6.92 Å². The van der Waals surface area contributed by atoms with Crippen molar-refractivity contribution in [2.75, 3.05) is 21.3 Å². The first-order chi connectivity index (χ1) is 8.08. The molecule has 0 aliphatic rings. The highest BCUT2D eigenvalue weighted by Gasteiger charge is 2.19. The van der Waals surface area contributed by atoms with Crippen molar-refractivity contribution in [2.45, 2.75) is 13.0 Å². The minimum atomic E-state index is -0.603. The Balaban J connectivity index is 2.61. The Labute approximate surface area is 101 Å². The molecule has 0 radical (unpaired) electrons. The summed E-state index contributed by atoms with van der Waals surface area (Å²) in [5.74, 6) is 1.10. The normalized spacial score (nSPS) is 11.8. The number of likely N-dealkylation sites (N-methyl/N-ethyl adjacent to an activating group) is 1. The molecule has 0 aliphatic heterocycles. The Morgan fingerprint density at radius 2 is 1.71 bits per heavy atom. The number of benzene rings is 1. The first-order valence-electron chi connectivity index (χ1n) is 5.21. The van der Waals surface area contributed by atoms with Gasteiger partial charge in [0.05, 0.1) is 14.2 Å². The predicted octanol–water partition coefficient (Wildman–Crippen LogP) is 1.48. The van der Waals surface area contributed by atoms with Crippen LogP contribution in [0, 0.1) is 0 Å². The lowest BCUT2D eigenvalue weighted by Gasteiger charge is -2.19. The maximum atomic E-state index is 11.7. The summed E-state index contributed by atoms with van der Waals surface area (Å²) in [4.78, 5) is 16.4. The van der Waals surface area contributed by atoms with Gasteiger partial charge in [-0.3, -0.25) is 9.63 Å². The van der Waals surface area contributed by atoms with Crippen molar-refractivity contribution in [1.82, 2.24) is 5.06 Å². The second kappa shape index (κ2) is 6.10. The molecule has 1 unspecified atom stereocenters. The SMILES string of the molecule is COc1ccc(OC(C)C(=O)N(C)OC)cc1. The van der Waals surface area contributed by atoms with Crippen molar-refractivity contribution in [1.29, 1.82) is 0 Å². The fraction of sp³-hybridized carbons (Fsp3) is 0.417. The minimum absolute atomic E-state index is 0.247. The van der Waals surface area contributed by atoms with Gasteiger partial charge in [-0.15, -0.1) is 0 Å². The minimum Gasteiger partial charge on any atom is -0.497 e. The summed E-state index contributed by atoms with van der Waals surface area (Å²) in [7, 11) is 4.56. The van der Waals surface area contributed by atoms with E-state index in [1.165, 1.54) is 14.2 Å². The third kappa shape index (κ3) is 3.64. The molecule has 0 aromatic heterocycles. The Morgan fingerprint density at radius 3 is 2.18 bits per heavy atom. The van der Waals surface area contributed by atoms with Gasteiger partial charge in [0.1, 0.15) is 11.5 Å². The first-order valence-corrected chi connectivity index (χ1v) is 5.21. The number of hydroxylamine groups is 2. The molecule has 1 amide bonds. The van der Waals surface area contributed by atoms with Crippen molar-refractivity contribution < 1.29 is 19.1 Å². The molecular formula is C12H17NO4. The van der Waals surface area contributed by atoms with E-state index in [0.29, 0.717) is 5.75 Å². The average molecular weight is 239 g/mol. The third-order valence-electron chi connectivity index (χ3n) is 2.30. The molecule has 0 heterocycles. The van der Waals surface area contributed by atoms with Gasteiger partial charge in [-0.25, -0.2) is 5.06 Å².